The van der Waals surface area contributed by atoms with Gasteiger partial charge in [0.25, 0.3) is 0 Å². The SMILES string of the molecule is Nc1ccc(C2CCSCC2)nn1. The molecule has 0 saturated carbocycles. The minimum Gasteiger partial charge on any atom is -0.382 e. The Kier molecular flexibility index (Phi) is 2.68. The van der Waals surface area contributed by atoms with Gasteiger partial charge in [0, 0.05) is 5.92 Å². The van der Waals surface area contributed by atoms with Gasteiger partial charge >= 0.3 is 0 Å². The van der Waals surface area contributed by atoms with Crippen LogP contribution >= 0.6 is 11.8 Å². The number of thioether (sulfide) groups is 1. The first-order valence-electron chi connectivity index (χ1n) is 4.53. The van der Waals surface area contributed by atoms with Crippen LogP contribution in [0.3, 0.4) is 0 Å². The summed E-state index contributed by atoms with van der Waals surface area (Å²) in [5.74, 6) is 3.61. The zero-order valence-electron chi connectivity index (χ0n) is 7.44. The van der Waals surface area contributed by atoms with Gasteiger partial charge in [-0.1, -0.05) is 0 Å². The van der Waals surface area contributed by atoms with E-state index in [1.807, 2.05) is 23.9 Å². The van der Waals surface area contributed by atoms with Crippen molar-refractivity contribution in [2.45, 2.75) is 18.8 Å². The predicted octanol–water partition coefficient (Wildman–Crippen LogP) is 1.67. The van der Waals surface area contributed by atoms with Crippen molar-refractivity contribution in [3.63, 3.8) is 0 Å². The van der Waals surface area contributed by atoms with E-state index in [2.05, 4.69) is 10.2 Å². The third-order valence-corrected chi connectivity index (χ3v) is 3.39. The molecule has 2 heterocycles. The second kappa shape index (κ2) is 3.96. The molecule has 1 saturated heterocycles. The first-order valence-corrected chi connectivity index (χ1v) is 5.68. The average molecular weight is 195 g/mol. The summed E-state index contributed by atoms with van der Waals surface area (Å²) in [6.45, 7) is 0. The first kappa shape index (κ1) is 8.81. The lowest BCUT2D eigenvalue weighted by Crippen LogP contribution is -2.10. The summed E-state index contributed by atoms with van der Waals surface area (Å²) < 4.78 is 0. The molecule has 1 aromatic heterocycles. The van der Waals surface area contributed by atoms with E-state index in [0.717, 1.165) is 5.69 Å². The summed E-state index contributed by atoms with van der Waals surface area (Å²) in [5.41, 5.74) is 6.58. The van der Waals surface area contributed by atoms with E-state index in [1.165, 1.54) is 24.3 Å². The van der Waals surface area contributed by atoms with E-state index >= 15 is 0 Å². The van der Waals surface area contributed by atoms with E-state index in [1.54, 1.807) is 0 Å². The van der Waals surface area contributed by atoms with E-state index in [0.29, 0.717) is 11.7 Å². The molecule has 13 heavy (non-hydrogen) atoms. The third-order valence-electron chi connectivity index (χ3n) is 2.35. The molecule has 70 valence electrons. The Balaban J connectivity index is 2.10. The highest BCUT2D eigenvalue weighted by atomic mass is 32.2. The van der Waals surface area contributed by atoms with Crippen LogP contribution in [0.4, 0.5) is 5.82 Å². The maximum atomic E-state index is 5.48. The molecule has 4 heteroatoms. The minimum atomic E-state index is 0.508. The van der Waals surface area contributed by atoms with Crippen molar-refractivity contribution in [3.05, 3.63) is 17.8 Å². The maximum absolute atomic E-state index is 5.48. The number of aromatic nitrogens is 2. The monoisotopic (exact) mass is 195 g/mol. The molecule has 0 radical (unpaired) electrons. The number of hydrogen-bond acceptors (Lipinski definition) is 4. The number of rotatable bonds is 1. The summed E-state index contributed by atoms with van der Waals surface area (Å²) in [4.78, 5) is 0. The van der Waals surface area contributed by atoms with Gasteiger partial charge in [0.2, 0.25) is 0 Å². The number of nitrogens with zero attached hydrogens (tertiary/aromatic N) is 2. The van der Waals surface area contributed by atoms with Gasteiger partial charge < -0.3 is 5.73 Å². The van der Waals surface area contributed by atoms with Crippen molar-refractivity contribution in [3.8, 4) is 0 Å². The lowest BCUT2D eigenvalue weighted by molar-refractivity contribution is 0.610. The van der Waals surface area contributed by atoms with Crippen molar-refractivity contribution in [2.24, 2.45) is 0 Å². The van der Waals surface area contributed by atoms with Gasteiger partial charge in [-0.05, 0) is 36.5 Å². The third kappa shape index (κ3) is 2.12. The molecule has 0 aliphatic carbocycles. The van der Waals surface area contributed by atoms with Gasteiger partial charge in [-0.15, -0.1) is 5.10 Å². The van der Waals surface area contributed by atoms with Crippen LogP contribution in [0.1, 0.15) is 24.5 Å². The fraction of sp³-hybridized carbons (Fsp3) is 0.556. The first-order chi connectivity index (χ1) is 6.36. The Morgan fingerprint density at radius 2 is 2.00 bits per heavy atom. The number of hydrogen-bond donors (Lipinski definition) is 1. The highest BCUT2D eigenvalue weighted by Gasteiger charge is 2.16. The van der Waals surface area contributed by atoms with Crippen LogP contribution in [0.2, 0.25) is 0 Å². The van der Waals surface area contributed by atoms with E-state index in [9.17, 15) is 0 Å². The van der Waals surface area contributed by atoms with Crippen LogP contribution in [0.5, 0.6) is 0 Å². The van der Waals surface area contributed by atoms with Crippen LogP contribution in [0, 0.1) is 0 Å². The molecule has 2 rings (SSSR count). The lowest BCUT2D eigenvalue weighted by Gasteiger charge is -2.19. The van der Waals surface area contributed by atoms with E-state index in [4.69, 9.17) is 5.73 Å². The summed E-state index contributed by atoms with van der Waals surface area (Å²) in [7, 11) is 0. The topological polar surface area (TPSA) is 51.8 Å². The van der Waals surface area contributed by atoms with E-state index < -0.39 is 0 Å². The Morgan fingerprint density at radius 1 is 1.23 bits per heavy atom. The molecule has 1 aromatic rings. The Bertz CT molecular complexity index is 267. The van der Waals surface area contributed by atoms with Gasteiger partial charge in [-0.25, -0.2) is 0 Å². The molecule has 0 unspecified atom stereocenters. The molecule has 1 aliphatic heterocycles. The average Bonchev–Trinajstić information content (AvgIpc) is 2.20. The molecule has 0 atom stereocenters. The van der Waals surface area contributed by atoms with Gasteiger partial charge in [0.05, 0.1) is 5.69 Å². The maximum Gasteiger partial charge on any atom is 0.146 e. The summed E-state index contributed by atoms with van der Waals surface area (Å²) >= 11 is 2.02. The second-order valence-electron chi connectivity index (χ2n) is 3.27. The quantitative estimate of drug-likeness (QED) is 0.740. The highest BCUT2D eigenvalue weighted by Crippen LogP contribution is 2.29. The molecule has 0 amide bonds. The fourth-order valence-electron chi connectivity index (χ4n) is 1.56. The Hall–Kier alpha value is -0.770. The molecular formula is C9H13N3S. The molecular weight excluding hydrogens is 182 g/mol. The van der Waals surface area contributed by atoms with E-state index in [-0.39, 0.29) is 0 Å². The molecule has 2 N–H and O–H groups in total. The van der Waals surface area contributed by atoms with Crippen LogP contribution in [-0.4, -0.2) is 21.7 Å². The zero-order valence-corrected chi connectivity index (χ0v) is 8.26. The van der Waals surface area contributed by atoms with Crippen LogP contribution < -0.4 is 5.73 Å². The number of nitrogens with two attached hydrogens (primary N) is 1. The van der Waals surface area contributed by atoms with Crippen LogP contribution in [0.15, 0.2) is 12.1 Å². The molecule has 1 aliphatic rings. The zero-order chi connectivity index (χ0) is 9.10. The summed E-state index contributed by atoms with van der Waals surface area (Å²) in [6.07, 6.45) is 2.45. The fourth-order valence-corrected chi connectivity index (χ4v) is 2.67. The Labute approximate surface area is 82.1 Å². The molecule has 0 bridgehead atoms. The molecule has 3 nitrogen and oxygen atoms in total. The highest BCUT2D eigenvalue weighted by molar-refractivity contribution is 7.99. The van der Waals surface area contributed by atoms with Gasteiger partial charge in [0.1, 0.15) is 5.82 Å². The van der Waals surface area contributed by atoms with Crippen molar-refractivity contribution in [1.29, 1.82) is 0 Å². The van der Waals surface area contributed by atoms with Crippen molar-refractivity contribution < 1.29 is 0 Å². The van der Waals surface area contributed by atoms with Crippen LogP contribution in [0.25, 0.3) is 0 Å². The van der Waals surface area contributed by atoms with Crippen molar-refractivity contribution >= 4 is 17.6 Å². The van der Waals surface area contributed by atoms with Crippen LogP contribution in [-0.2, 0) is 0 Å². The molecule has 1 fully saturated rings. The minimum absolute atomic E-state index is 0.508. The standard InChI is InChI=1S/C9H13N3S/c10-9-2-1-8(11-12-9)7-3-5-13-6-4-7/h1-2,7H,3-6H2,(H2,10,12). The second-order valence-corrected chi connectivity index (χ2v) is 4.49. The normalized spacial score (nSPS) is 18.8. The number of anilines is 1. The molecule has 0 aromatic carbocycles. The van der Waals surface area contributed by atoms with Gasteiger partial charge in [-0.3, -0.25) is 0 Å². The smallest absolute Gasteiger partial charge is 0.146 e. The number of nitrogen functional groups attached to an aromatic ring is 1. The Morgan fingerprint density at radius 3 is 2.62 bits per heavy atom. The van der Waals surface area contributed by atoms with Gasteiger partial charge in [-0.2, -0.15) is 16.9 Å². The van der Waals surface area contributed by atoms with Gasteiger partial charge in [0.15, 0.2) is 0 Å². The predicted molar refractivity (Wildman–Crippen MR) is 55.7 cm³/mol. The van der Waals surface area contributed by atoms with Crippen molar-refractivity contribution in [1.82, 2.24) is 10.2 Å². The molecule has 0 spiro atoms. The largest absolute Gasteiger partial charge is 0.382 e. The lowest BCUT2D eigenvalue weighted by atomic mass is 9.99. The van der Waals surface area contributed by atoms with Crippen molar-refractivity contribution in [2.75, 3.05) is 17.2 Å². The summed E-state index contributed by atoms with van der Waals surface area (Å²) in [5, 5.41) is 7.99. The summed E-state index contributed by atoms with van der Waals surface area (Å²) in [6, 6.07) is 3.84.